The molecule has 3 rings (SSSR count). The molecule has 2 atom stereocenters. The van der Waals surface area contributed by atoms with Crippen molar-refractivity contribution < 1.29 is 14.3 Å². The number of hydrogen-bond donors (Lipinski definition) is 2. The molecule has 1 fully saturated rings. The van der Waals surface area contributed by atoms with Crippen LogP contribution in [-0.4, -0.2) is 68.4 Å². The fourth-order valence-corrected chi connectivity index (χ4v) is 2.90. The molecule has 0 bridgehead atoms. The number of rotatable bonds is 4. The Kier molecular flexibility index (Phi) is 4.95. The maximum Gasteiger partial charge on any atom is 0.323 e. The van der Waals surface area contributed by atoms with Crippen LogP contribution in [0.25, 0.3) is 0 Å². The molecule has 134 valence electrons. The summed E-state index contributed by atoms with van der Waals surface area (Å²) < 4.78 is 5.37. The fourth-order valence-electron chi connectivity index (χ4n) is 2.90. The van der Waals surface area contributed by atoms with Crippen molar-refractivity contribution in [2.75, 3.05) is 25.5 Å². The fraction of sp³-hybridized carbons (Fsp3) is 0.500. The first-order chi connectivity index (χ1) is 11.9. The highest BCUT2D eigenvalue weighted by Gasteiger charge is 2.37. The van der Waals surface area contributed by atoms with Crippen molar-refractivity contribution in [3.63, 3.8) is 0 Å². The number of likely N-dealkylation sites (N-methyl/N-ethyl adjacent to an activating group) is 1. The summed E-state index contributed by atoms with van der Waals surface area (Å²) >= 11 is 0. The number of aliphatic hydroxyl groups is 1. The maximum atomic E-state index is 12.4. The number of carbonyl (C=O) groups excluding carboxylic acids is 1. The van der Waals surface area contributed by atoms with E-state index in [-0.39, 0.29) is 18.6 Å². The van der Waals surface area contributed by atoms with Gasteiger partial charge in [-0.2, -0.15) is 0 Å². The van der Waals surface area contributed by atoms with Crippen LogP contribution in [0.4, 0.5) is 10.6 Å². The average molecular weight is 346 g/mol. The lowest BCUT2D eigenvalue weighted by Crippen LogP contribution is -2.41. The van der Waals surface area contributed by atoms with Crippen molar-refractivity contribution in [3.8, 4) is 0 Å². The molecule has 25 heavy (non-hydrogen) atoms. The van der Waals surface area contributed by atoms with E-state index < -0.39 is 6.10 Å². The number of carbonyl (C=O) groups is 1. The number of nitrogens with zero attached hydrogens (tertiary/aromatic N) is 5. The van der Waals surface area contributed by atoms with Crippen LogP contribution in [-0.2, 0) is 6.54 Å². The number of hydrogen-bond acceptors (Lipinski definition) is 7. The second-order valence-electron chi connectivity index (χ2n) is 6.26. The molecule has 3 heterocycles. The molecule has 1 saturated heterocycles. The number of nitrogens with one attached hydrogen (secondary N) is 1. The molecular weight excluding hydrogens is 324 g/mol. The summed E-state index contributed by atoms with van der Waals surface area (Å²) in [6.45, 7) is 4.67. The summed E-state index contributed by atoms with van der Waals surface area (Å²) in [7, 11) is 1.86. The van der Waals surface area contributed by atoms with E-state index in [0.717, 1.165) is 5.69 Å². The Balaban J connectivity index is 1.59. The van der Waals surface area contributed by atoms with Gasteiger partial charge in [0.2, 0.25) is 11.8 Å². The molecule has 9 heteroatoms. The normalized spacial score (nSPS) is 20.3. The SMILES string of the molecule is Cc1cccc(NC(=O)N2C[C@@H](O)[C@@H](N(C)Cc3nnc(C)o3)C2)n1. The Bertz CT molecular complexity index is 749. The Morgan fingerprint density at radius 2 is 2.20 bits per heavy atom. The van der Waals surface area contributed by atoms with Gasteiger partial charge in [-0.25, -0.2) is 9.78 Å². The minimum atomic E-state index is -0.648. The molecule has 2 amide bonds. The number of urea groups is 1. The molecule has 0 aromatic carbocycles. The number of amides is 2. The topological polar surface area (TPSA) is 108 Å². The van der Waals surface area contributed by atoms with Gasteiger partial charge >= 0.3 is 6.03 Å². The molecule has 2 aromatic rings. The van der Waals surface area contributed by atoms with Crippen molar-refractivity contribution >= 4 is 11.8 Å². The zero-order valence-electron chi connectivity index (χ0n) is 14.5. The molecule has 0 aliphatic carbocycles. The number of likely N-dealkylation sites (tertiary alicyclic amines) is 1. The molecule has 1 aliphatic rings. The van der Waals surface area contributed by atoms with Crippen LogP contribution in [0.2, 0.25) is 0 Å². The van der Waals surface area contributed by atoms with Crippen LogP contribution in [0.5, 0.6) is 0 Å². The molecule has 0 radical (unpaired) electrons. The Hall–Kier alpha value is -2.52. The van der Waals surface area contributed by atoms with Gasteiger partial charge in [-0.05, 0) is 26.1 Å². The van der Waals surface area contributed by atoms with E-state index in [1.165, 1.54) is 0 Å². The van der Waals surface area contributed by atoms with Gasteiger partial charge in [0, 0.05) is 19.2 Å². The van der Waals surface area contributed by atoms with E-state index in [0.29, 0.717) is 30.7 Å². The van der Waals surface area contributed by atoms with Crippen LogP contribution in [0, 0.1) is 13.8 Å². The highest BCUT2D eigenvalue weighted by atomic mass is 16.4. The third-order valence-corrected chi connectivity index (χ3v) is 4.19. The third kappa shape index (κ3) is 4.12. The largest absolute Gasteiger partial charge is 0.424 e. The summed E-state index contributed by atoms with van der Waals surface area (Å²) in [6, 6.07) is 4.95. The molecule has 0 spiro atoms. The number of aliphatic hydroxyl groups excluding tert-OH is 1. The van der Waals surface area contributed by atoms with E-state index in [9.17, 15) is 9.90 Å². The van der Waals surface area contributed by atoms with Gasteiger partial charge in [-0.1, -0.05) is 6.07 Å². The number of anilines is 1. The van der Waals surface area contributed by atoms with Crippen molar-refractivity contribution in [2.45, 2.75) is 32.5 Å². The van der Waals surface area contributed by atoms with Gasteiger partial charge in [0.05, 0.1) is 25.2 Å². The predicted molar refractivity (Wildman–Crippen MR) is 89.9 cm³/mol. The van der Waals surface area contributed by atoms with Crippen molar-refractivity contribution in [1.82, 2.24) is 25.0 Å². The van der Waals surface area contributed by atoms with Gasteiger partial charge in [-0.3, -0.25) is 10.2 Å². The third-order valence-electron chi connectivity index (χ3n) is 4.19. The van der Waals surface area contributed by atoms with Gasteiger partial charge in [0.25, 0.3) is 0 Å². The maximum absolute atomic E-state index is 12.4. The standard InChI is InChI=1S/C16H22N6O3/c1-10-5-4-6-14(17-10)18-16(24)22-7-12(13(23)8-22)21(3)9-15-20-19-11(2)25-15/h4-6,12-13,23H,7-9H2,1-3H3,(H,17,18,24)/t12-,13+/m0/s1. The van der Waals surface area contributed by atoms with Crippen molar-refractivity contribution in [2.24, 2.45) is 0 Å². The first kappa shape index (κ1) is 17.3. The molecular formula is C16H22N6O3. The zero-order valence-corrected chi connectivity index (χ0v) is 14.5. The summed E-state index contributed by atoms with van der Waals surface area (Å²) in [5.74, 6) is 1.48. The molecule has 0 unspecified atom stereocenters. The average Bonchev–Trinajstić information content (AvgIpc) is 3.13. The smallest absolute Gasteiger partial charge is 0.323 e. The number of aryl methyl sites for hydroxylation is 2. The lowest BCUT2D eigenvalue weighted by atomic mass is 10.2. The van der Waals surface area contributed by atoms with Crippen LogP contribution in [0.1, 0.15) is 17.5 Å². The Labute approximate surface area is 145 Å². The van der Waals surface area contributed by atoms with E-state index in [2.05, 4.69) is 20.5 Å². The first-order valence-electron chi connectivity index (χ1n) is 8.09. The summed E-state index contributed by atoms with van der Waals surface area (Å²) in [5, 5.41) is 20.8. The van der Waals surface area contributed by atoms with Crippen LogP contribution >= 0.6 is 0 Å². The molecule has 1 aliphatic heterocycles. The molecule has 9 nitrogen and oxygen atoms in total. The minimum Gasteiger partial charge on any atom is -0.424 e. The monoisotopic (exact) mass is 346 g/mol. The minimum absolute atomic E-state index is 0.205. The molecule has 2 N–H and O–H groups in total. The quantitative estimate of drug-likeness (QED) is 0.842. The van der Waals surface area contributed by atoms with E-state index >= 15 is 0 Å². The van der Waals surface area contributed by atoms with Gasteiger partial charge < -0.3 is 14.4 Å². The van der Waals surface area contributed by atoms with Crippen LogP contribution < -0.4 is 5.32 Å². The van der Waals surface area contributed by atoms with Crippen molar-refractivity contribution in [1.29, 1.82) is 0 Å². The lowest BCUT2D eigenvalue weighted by Gasteiger charge is -2.24. The first-order valence-corrected chi connectivity index (χ1v) is 8.09. The molecule has 2 aromatic heterocycles. The highest BCUT2D eigenvalue weighted by Crippen LogP contribution is 2.18. The lowest BCUT2D eigenvalue weighted by molar-refractivity contribution is 0.0900. The van der Waals surface area contributed by atoms with Gasteiger partial charge in [-0.15, -0.1) is 10.2 Å². The highest BCUT2D eigenvalue weighted by molar-refractivity contribution is 5.88. The van der Waals surface area contributed by atoms with Gasteiger partial charge in [0.1, 0.15) is 5.82 Å². The Morgan fingerprint density at radius 3 is 2.88 bits per heavy atom. The van der Waals surface area contributed by atoms with E-state index in [4.69, 9.17) is 4.42 Å². The van der Waals surface area contributed by atoms with Crippen molar-refractivity contribution in [3.05, 3.63) is 35.7 Å². The number of aromatic nitrogens is 3. The number of β-amino-alcohol motifs (C(OH)–C–C–N with tert-alkyl or cyclic N) is 1. The van der Waals surface area contributed by atoms with Gasteiger partial charge in [0.15, 0.2) is 0 Å². The predicted octanol–water partition coefficient (Wildman–Crippen LogP) is 0.790. The van der Waals surface area contributed by atoms with Crippen LogP contribution in [0.15, 0.2) is 22.6 Å². The number of pyridine rings is 1. The summed E-state index contributed by atoms with van der Waals surface area (Å²) in [6.07, 6.45) is -0.648. The van der Waals surface area contributed by atoms with E-state index in [1.807, 2.05) is 31.0 Å². The molecule has 0 saturated carbocycles. The Morgan fingerprint density at radius 1 is 1.40 bits per heavy atom. The second-order valence-corrected chi connectivity index (χ2v) is 6.26. The second kappa shape index (κ2) is 7.16. The summed E-state index contributed by atoms with van der Waals surface area (Å²) in [4.78, 5) is 20.2. The van der Waals surface area contributed by atoms with E-state index in [1.54, 1.807) is 17.9 Å². The zero-order chi connectivity index (χ0) is 18.0. The summed E-state index contributed by atoms with van der Waals surface area (Å²) in [5.41, 5.74) is 0.826. The van der Waals surface area contributed by atoms with Crippen LogP contribution in [0.3, 0.4) is 0 Å².